The summed E-state index contributed by atoms with van der Waals surface area (Å²) in [6.45, 7) is 1.44. The van der Waals surface area contributed by atoms with E-state index in [0.717, 1.165) is 21.7 Å². The monoisotopic (exact) mass is 629 g/mol. The third-order valence-electron chi connectivity index (χ3n) is 7.14. The molecule has 45 heavy (non-hydrogen) atoms. The minimum atomic E-state index is -5.15. The van der Waals surface area contributed by atoms with Crippen molar-refractivity contribution in [1.29, 1.82) is 0 Å². The molecule has 0 radical (unpaired) electrons. The van der Waals surface area contributed by atoms with Crippen molar-refractivity contribution >= 4 is 34.0 Å². The predicted molar refractivity (Wildman–Crippen MR) is 156 cm³/mol. The lowest BCUT2D eigenvalue weighted by Gasteiger charge is -2.27. The number of fused-ring (bicyclic) bond motifs is 1. The zero-order valence-corrected chi connectivity index (χ0v) is 23.7. The normalized spacial score (nSPS) is 12.7. The number of carbonyl (C=O) groups excluding carboxylic acids is 2. The Morgan fingerprint density at radius 1 is 0.889 bits per heavy atom. The first-order chi connectivity index (χ1) is 21.0. The Balaban J connectivity index is 1.69. The highest BCUT2D eigenvalue weighted by Gasteiger charge is 2.38. The van der Waals surface area contributed by atoms with Crippen molar-refractivity contribution in [2.24, 2.45) is 0 Å². The molecule has 0 bridgehead atoms. The molecule has 0 heterocycles. The second kappa shape index (κ2) is 12.8. The number of carbonyl (C=O) groups is 2. The Morgan fingerprint density at radius 3 is 2.11 bits per heavy atom. The highest BCUT2D eigenvalue weighted by Crippen LogP contribution is 2.36. The number of likely N-dealkylation sites (N-methyl/N-ethyl adjacent to an activating group) is 1. The molecular weight excluding hydrogens is 604 g/mol. The van der Waals surface area contributed by atoms with Crippen LogP contribution in [0.3, 0.4) is 0 Å². The maximum Gasteiger partial charge on any atom is 0.416 e. The Kier molecular flexibility index (Phi) is 9.31. The number of amides is 2. The van der Waals surface area contributed by atoms with Crippen LogP contribution in [0.25, 0.3) is 10.8 Å². The van der Waals surface area contributed by atoms with Crippen LogP contribution >= 0.6 is 0 Å². The highest BCUT2D eigenvalue weighted by molar-refractivity contribution is 6.00. The number of nitro benzene ring substituents is 1. The van der Waals surface area contributed by atoms with E-state index in [9.17, 15) is 46.0 Å². The molecule has 0 aromatic heterocycles. The molecule has 2 amide bonds. The summed E-state index contributed by atoms with van der Waals surface area (Å²) in [7, 11) is 1.20. The van der Waals surface area contributed by atoms with Crippen LogP contribution in [-0.2, 0) is 23.6 Å². The largest absolute Gasteiger partial charge is 0.416 e. The molecule has 4 aromatic carbocycles. The van der Waals surface area contributed by atoms with Gasteiger partial charge in [-0.3, -0.25) is 19.7 Å². The number of hydrogen-bond donors (Lipinski definition) is 1. The van der Waals surface area contributed by atoms with Gasteiger partial charge in [-0.05, 0) is 53.9 Å². The summed E-state index contributed by atoms with van der Waals surface area (Å²) in [5.41, 5.74) is -3.33. The number of halogens is 6. The van der Waals surface area contributed by atoms with Crippen LogP contribution in [0.4, 0.5) is 37.7 Å². The van der Waals surface area contributed by atoms with E-state index in [2.05, 4.69) is 5.32 Å². The lowest BCUT2D eigenvalue weighted by Crippen LogP contribution is -2.37. The van der Waals surface area contributed by atoms with Crippen molar-refractivity contribution < 1.29 is 40.9 Å². The van der Waals surface area contributed by atoms with Gasteiger partial charge < -0.3 is 10.2 Å². The van der Waals surface area contributed by atoms with Gasteiger partial charge in [-0.1, -0.05) is 54.6 Å². The quantitative estimate of drug-likeness (QED) is 0.0926. The van der Waals surface area contributed by atoms with Crippen molar-refractivity contribution in [3.63, 3.8) is 0 Å². The topological polar surface area (TPSA) is 92.6 Å². The summed E-state index contributed by atoms with van der Waals surface area (Å²) in [6.07, 6.45) is -7.93. The Bertz CT molecular complexity index is 1770. The minimum Gasteiger partial charge on any atom is -0.335 e. The van der Waals surface area contributed by atoms with E-state index in [1.165, 1.54) is 38.2 Å². The third kappa shape index (κ3) is 7.85. The first kappa shape index (κ1) is 32.7. The maximum atomic E-state index is 13.5. The summed E-state index contributed by atoms with van der Waals surface area (Å²) in [5.74, 6) is -1.88. The standard InChI is InChI=1S/C32H25F6N3O4/c1-19-27(8-5-9-28(19)41(44)45)39-29(42)13-12-26(15-20-10-11-21-6-3-4-7-22(21)14-20)40(2)30(43)23-16-24(31(33,34)35)18-25(17-23)32(36,37)38/h3-14,16-18,26H,15H2,1-2H3,(H,39,42). The molecule has 4 rings (SSSR count). The summed E-state index contributed by atoms with van der Waals surface area (Å²) in [6, 6.07) is 16.4. The Labute approximate surface area is 252 Å². The molecule has 4 aromatic rings. The average molecular weight is 630 g/mol. The number of benzene rings is 4. The van der Waals surface area contributed by atoms with E-state index in [1.807, 2.05) is 36.4 Å². The fourth-order valence-corrected chi connectivity index (χ4v) is 4.70. The molecule has 1 unspecified atom stereocenters. The predicted octanol–water partition coefficient (Wildman–Crippen LogP) is 7.97. The smallest absolute Gasteiger partial charge is 0.335 e. The number of alkyl halides is 6. The summed E-state index contributed by atoms with van der Waals surface area (Å²) in [4.78, 5) is 37.8. The molecule has 0 fully saturated rings. The van der Waals surface area contributed by atoms with Crippen molar-refractivity contribution in [3.8, 4) is 0 Å². The zero-order chi connectivity index (χ0) is 33.1. The van der Waals surface area contributed by atoms with Crippen LogP contribution in [0, 0.1) is 17.0 Å². The molecule has 0 spiro atoms. The number of rotatable bonds is 8. The molecule has 13 heteroatoms. The van der Waals surface area contributed by atoms with Gasteiger partial charge in [0.2, 0.25) is 5.91 Å². The third-order valence-corrected chi connectivity index (χ3v) is 7.14. The van der Waals surface area contributed by atoms with Crippen molar-refractivity contribution in [2.75, 3.05) is 12.4 Å². The van der Waals surface area contributed by atoms with Gasteiger partial charge >= 0.3 is 12.4 Å². The van der Waals surface area contributed by atoms with Crippen molar-refractivity contribution in [2.45, 2.75) is 31.7 Å². The van der Waals surface area contributed by atoms with Crippen LogP contribution in [-0.4, -0.2) is 34.7 Å². The minimum absolute atomic E-state index is 0.0395. The van der Waals surface area contributed by atoms with E-state index in [4.69, 9.17) is 0 Å². The van der Waals surface area contributed by atoms with Gasteiger partial charge in [0, 0.05) is 24.8 Å². The molecule has 1 N–H and O–H groups in total. The lowest BCUT2D eigenvalue weighted by molar-refractivity contribution is -0.385. The fourth-order valence-electron chi connectivity index (χ4n) is 4.70. The van der Waals surface area contributed by atoms with Gasteiger partial charge in [0.05, 0.1) is 33.3 Å². The van der Waals surface area contributed by atoms with Crippen molar-refractivity contribution in [3.05, 3.63) is 129 Å². The number of hydrogen-bond acceptors (Lipinski definition) is 4. The fraction of sp³-hybridized carbons (Fsp3) is 0.188. The number of nitro groups is 1. The lowest BCUT2D eigenvalue weighted by atomic mass is 9.99. The van der Waals surface area contributed by atoms with Gasteiger partial charge in [0.15, 0.2) is 0 Å². The number of anilines is 1. The SMILES string of the molecule is Cc1c(NC(=O)C=CC(Cc2ccc3ccccc3c2)N(C)C(=O)c2cc(C(F)(F)F)cc(C(F)(F)F)c2)cccc1[N+](=O)[O-]. The molecule has 0 aliphatic rings. The summed E-state index contributed by atoms with van der Waals surface area (Å²) >= 11 is 0. The average Bonchev–Trinajstić information content (AvgIpc) is 2.98. The maximum absolute atomic E-state index is 13.5. The van der Waals surface area contributed by atoms with Gasteiger partial charge in [-0.15, -0.1) is 0 Å². The molecule has 7 nitrogen and oxygen atoms in total. The van der Waals surface area contributed by atoms with E-state index in [-0.39, 0.29) is 29.4 Å². The van der Waals surface area contributed by atoms with Gasteiger partial charge in [-0.25, -0.2) is 0 Å². The molecule has 0 saturated heterocycles. The van der Waals surface area contributed by atoms with E-state index < -0.39 is 51.8 Å². The van der Waals surface area contributed by atoms with Gasteiger partial charge in [0.25, 0.3) is 11.6 Å². The molecule has 0 aliphatic heterocycles. The number of nitrogens with zero attached hydrogens (tertiary/aromatic N) is 2. The first-order valence-electron chi connectivity index (χ1n) is 13.3. The van der Waals surface area contributed by atoms with Crippen LogP contribution in [0.1, 0.15) is 32.6 Å². The highest BCUT2D eigenvalue weighted by atomic mass is 19.4. The van der Waals surface area contributed by atoms with Crippen LogP contribution in [0.5, 0.6) is 0 Å². The van der Waals surface area contributed by atoms with Crippen LogP contribution in [0.2, 0.25) is 0 Å². The molecular formula is C32H25F6N3O4. The van der Waals surface area contributed by atoms with Gasteiger partial charge in [-0.2, -0.15) is 26.3 Å². The van der Waals surface area contributed by atoms with Crippen LogP contribution < -0.4 is 5.32 Å². The van der Waals surface area contributed by atoms with Crippen molar-refractivity contribution in [1.82, 2.24) is 4.90 Å². The molecule has 0 saturated carbocycles. The molecule has 0 aliphatic carbocycles. The van der Waals surface area contributed by atoms with E-state index >= 15 is 0 Å². The summed E-state index contributed by atoms with van der Waals surface area (Å²) in [5, 5.41) is 15.5. The summed E-state index contributed by atoms with van der Waals surface area (Å²) < 4.78 is 80.9. The van der Waals surface area contributed by atoms with E-state index in [1.54, 1.807) is 6.07 Å². The molecule has 234 valence electrons. The first-order valence-corrected chi connectivity index (χ1v) is 13.3. The zero-order valence-electron chi connectivity index (χ0n) is 23.7. The molecule has 1 atom stereocenters. The second-order valence-corrected chi connectivity index (χ2v) is 10.2. The Morgan fingerprint density at radius 2 is 1.51 bits per heavy atom. The Hall–Kier alpha value is -5.20. The van der Waals surface area contributed by atoms with Crippen LogP contribution in [0.15, 0.2) is 91.0 Å². The second-order valence-electron chi connectivity index (χ2n) is 10.2. The van der Waals surface area contributed by atoms with E-state index in [0.29, 0.717) is 17.7 Å². The number of nitrogens with one attached hydrogen (secondary N) is 1. The van der Waals surface area contributed by atoms with Gasteiger partial charge in [0.1, 0.15) is 0 Å².